The predicted molar refractivity (Wildman–Crippen MR) is 67.8 cm³/mol. The van der Waals surface area contributed by atoms with Crippen molar-refractivity contribution in [1.29, 1.82) is 0 Å². The molecule has 1 heterocycles. The summed E-state index contributed by atoms with van der Waals surface area (Å²) in [6.45, 7) is 0. The van der Waals surface area contributed by atoms with Gasteiger partial charge in [0, 0.05) is 5.39 Å². The van der Waals surface area contributed by atoms with Crippen LogP contribution in [0.25, 0.3) is 10.9 Å². The van der Waals surface area contributed by atoms with Crippen LogP contribution in [-0.2, 0) is 0 Å². The minimum Gasteiger partial charge on any atom is -0.497 e. The first-order chi connectivity index (χ1) is 7.24. The Bertz CT molecular complexity index is 501. The number of ether oxygens (including phenoxy) is 1. The zero-order chi connectivity index (χ0) is 10.8. The second-order valence-electron chi connectivity index (χ2n) is 3.04. The van der Waals surface area contributed by atoms with Crippen LogP contribution in [0.2, 0.25) is 0 Å². The Hall–Kier alpha value is -0.740. The first-order valence-corrected chi connectivity index (χ1v) is 6.44. The first kappa shape index (κ1) is 10.8. The van der Waals surface area contributed by atoms with E-state index in [0.29, 0.717) is 0 Å². The molecule has 0 saturated carbocycles. The Morgan fingerprint density at radius 3 is 2.80 bits per heavy atom. The van der Waals surface area contributed by atoms with Gasteiger partial charge in [0.15, 0.2) is 0 Å². The highest BCUT2D eigenvalue weighted by Crippen LogP contribution is 2.29. The Labute approximate surface area is 101 Å². The Morgan fingerprint density at radius 1 is 1.33 bits per heavy atom. The van der Waals surface area contributed by atoms with Crippen molar-refractivity contribution in [3.05, 3.63) is 28.7 Å². The van der Waals surface area contributed by atoms with E-state index < -0.39 is 0 Å². The number of pyridine rings is 1. The summed E-state index contributed by atoms with van der Waals surface area (Å²) in [7, 11) is 1.67. The van der Waals surface area contributed by atoms with Crippen molar-refractivity contribution in [3.63, 3.8) is 0 Å². The van der Waals surface area contributed by atoms with Gasteiger partial charge in [0.25, 0.3) is 0 Å². The standard InChI is InChI=1S/C11H10BrNOS/c1-14-8-3-4-10-7(5-8)6-9(12)11(13-10)15-2/h3-6H,1-2H3. The van der Waals surface area contributed by atoms with Gasteiger partial charge in [0.05, 0.1) is 17.1 Å². The molecule has 0 saturated heterocycles. The fourth-order valence-corrected chi connectivity index (χ4v) is 2.65. The summed E-state index contributed by atoms with van der Waals surface area (Å²) in [6.07, 6.45) is 2.02. The van der Waals surface area contributed by atoms with Crippen molar-refractivity contribution in [2.24, 2.45) is 0 Å². The van der Waals surface area contributed by atoms with Gasteiger partial charge in [-0.3, -0.25) is 0 Å². The molecule has 2 aromatic rings. The molecule has 2 nitrogen and oxygen atoms in total. The van der Waals surface area contributed by atoms with Crippen LogP contribution in [0.15, 0.2) is 33.8 Å². The Kier molecular flexibility index (Phi) is 3.17. The molecule has 0 aliphatic rings. The van der Waals surface area contributed by atoms with Crippen molar-refractivity contribution in [1.82, 2.24) is 4.98 Å². The number of hydrogen-bond acceptors (Lipinski definition) is 3. The summed E-state index contributed by atoms with van der Waals surface area (Å²) < 4.78 is 6.19. The average Bonchev–Trinajstić information content (AvgIpc) is 2.27. The van der Waals surface area contributed by atoms with Crippen LogP contribution >= 0.6 is 27.7 Å². The quantitative estimate of drug-likeness (QED) is 0.784. The lowest BCUT2D eigenvalue weighted by atomic mass is 10.2. The van der Waals surface area contributed by atoms with E-state index in [1.165, 1.54) is 0 Å². The van der Waals surface area contributed by atoms with E-state index >= 15 is 0 Å². The summed E-state index contributed by atoms with van der Waals surface area (Å²) in [4.78, 5) is 4.53. The van der Waals surface area contributed by atoms with Gasteiger partial charge in [-0.2, -0.15) is 0 Å². The van der Waals surface area contributed by atoms with E-state index in [1.54, 1.807) is 18.9 Å². The molecular weight excluding hydrogens is 274 g/mol. The van der Waals surface area contributed by atoms with E-state index in [1.807, 2.05) is 24.5 Å². The molecule has 0 aliphatic heterocycles. The third kappa shape index (κ3) is 2.11. The summed E-state index contributed by atoms with van der Waals surface area (Å²) >= 11 is 5.13. The monoisotopic (exact) mass is 283 g/mol. The molecule has 0 atom stereocenters. The molecule has 4 heteroatoms. The molecule has 0 radical (unpaired) electrons. The number of fused-ring (bicyclic) bond motifs is 1. The van der Waals surface area contributed by atoms with Gasteiger partial charge >= 0.3 is 0 Å². The van der Waals surface area contributed by atoms with Gasteiger partial charge in [-0.1, -0.05) is 0 Å². The van der Waals surface area contributed by atoms with Crippen molar-refractivity contribution < 1.29 is 4.74 Å². The minimum absolute atomic E-state index is 0.855. The van der Waals surface area contributed by atoms with E-state index in [9.17, 15) is 0 Å². The maximum atomic E-state index is 5.17. The van der Waals surface area contributed by atoms with Gasteiger partial charge in [-0.15, -0.1) is 11.8 Å². The number of hydrogen-bond donors (Lipinski definition) is 0. The molecule has 2 rings (SSSR count). The summed E-state index contributed by atoms with van der Waals surface area (Å²) in [5, 5.41) is 2.09. The lowest BCUT2D eigenvalue weighted by Gasteiger charge is -2.05. The van der Waals surface area contributed by atoms with Gasteiger partial charge < -0.3 is 4.74 Å². The molecule has 0 bridgehead atoms. The highest BCUT2D eigenvalue weighted by atomic mass is 79.9. The number of thioether (sulfide) groups is 1. The first-order valence-electron chi connectivity index (χ1n) is 4.43. The van der Waals surface area contributed by atoms with Crippen LogP contribution in [0.5, 0.6) is 5.75 Å². The molecule has 78 valence electrons. The molecular formula is C11H10BrNOS. The zero-order valence-electron chi connectivity index (χ0n) is 8.45. The fourth-order valence-electron chi connectivity index (χ4n) is 1.38. The number of halogens is 1. The van der Waals surface area contributed by atoms with Gasteiger partial charge in [-0.25, -0.2) is 4.98 Å². The minimum atomic E-state index is 0.855. The van der Waals surface area contributed by atoms with Crippen molar-refractivity contribution >= 4 is 38.6 Å². The van der Waals surface area contributed by atoms with E-state index in [2.05, 4.69) is 27.0 Å². The maximum absolute atomic E-state index is 5.17. The summed E-state index contributed by atoms with van der Waals surface area (Å²) in [6, 6.07) is 7.95. The largest absolute Gasteiger partial charge is 0.497 e. The third-order valence-corrected chi connectivity index (χ3v) is 3.70. The molecule has 0 spiro atoms. The average molecular weight is 284 g/mol. The topological polar surface area (TPSA) is 22.1 Å². The second-order valence-corrected chi connectivity index (χ2v) is 4.69. The lowest BCUT2D eigenvalue weighted by molar-refractivity contribution is 0.415. The van der Waals surface area contributed by atoms with Crippen molar-refractivity contribution in [3.8, 4) is 5.75 Å². The van der Waals surface area contributed by atoms with E-state index in [0.717, 1.165) is 26.2 Å². The van der Waals surface area contributed by atoms with Gasteiger partial charge in [-0.05, 0) is 46.5 Å². The van der Waals surface area contributed by atoms with Crippen LogP contribution < -0.4 is 4.74 Å². The van der Waals surface area contributed by atoms with Crippen LogP contribution in [-0.4, -0.2) is 18.3 Å². The normalized spacial score (nSPS) is 10.6. The SMILES string of the molecule is COc1ccc2nc(SC)c(Br)cc2c1. The molecule has 0 fully saturated rings. The fraction of sp³-hybridized carbons (Fsp3) is 0.182. The Balaban J connectivity index is 2.65. The molecule has 1 aromatic heterocycles. The van der Waals surface area contributed by atoms with Crippen LogP contribution in [0.3, 0.4) is 0 Å². The summed E-state index contributed by atoms with van der Waals surface area (Å²) in [5.41, 5.74) is 0.989. The van der Waals surface area contributed by atoms with Crippen LogP contribution in [0, 0.1) is 0 Å². The number of benzene rings is 1. The molecule has 0 amide bonds. The van der Waals surface area contributed by atoms with Crippen molar-refractivity contribution in [2.75, 3.05) is 13.4 Å². The molecule has 1 aromatic carbocycles. The second kappa shape index (κ2) is 4.41. The van der Waals surface area contributed by atoms with E-state index in [4.69, 9.17) is 4.74 Å². The smallest absolute Gasteiger partial charge is 0.119 e. The third-order valence-electron chi connectivity index (χ3n) is 2.14. The molecule has 0 N–H and O–H groups in total. The summed E-state index contributed by atoms with van der Waals surface area (Å²) in [5.74, 6) is 0.855. The molecule has 0 aliphatic carbocycles. The predicted octanol–water partition coefficient (Wildman–Crippen LogP) is 3.73. The van der Waals surface area contributed by atoms with Crippen LogP contribution in [0.4, 0.5) is 0 Å². The van der Waals surface area contributed by atoms with Crippen LogP contribution in [0.1, 0.15) is 0 Å². The number of nitrogens with zero attached hydrogens (tertiary/aromatic N) is 1. The zero-order valence-corrected chi connectivity index (χ0v) is 10.9. The highest BCUT2D eigenvalue weighted by Gasteiger charge is 2.04. The Morgan fingerprint density at radius 2 is 2.13 bits per heavy atom. The molecule has 15 heavy (non-hydrogen) atoms. The maximum Gasteiger partial charge on any atom is 0.119 e. The number of aromatic nitrogens is 1. The highest BCUT2D eigenvalue weighted by molar-refractivity contribution is 9.10. The van der Waals surface area contributed by atoms with Gasteiger partial charge in [0.1, 0.15) is 10.8 Å². The molecule has 0 unspecified atom stereocenters. The number of methoxy groups -OCH3 is 1. The van der Waals surface area contributed by atoms with E-state index in [-0.39, 0.29) is 0 Å². The number of rotatable bonds is 2. The van der Waals surface area contributed by atoms with Gasteiger partial charge in [0.2, 0.25) is 0 Å². The van der Waals surface area contributed by atoms with Crippen molar-refractivity contribution in [2.45, 2.75) is 5.03 Å². The lowest BCUT2D eigenvalue weighted by Crippen LogP contribution is -1.86.